The van der Waals surface area contributed by atoms with Gasteiger partial charge in [0.05, 0.1) is 12.3 Å². The Bertz CT molecular complexity index is 377. The van der Waals surface area contributed by atoms with Crippen molar-refractivity contribution < 1.29 is 14.2 Å². The van der Waals surface area contributed by atoms with Gasteiger partial charge in [0.15, 0.2) is 0 Å². The van der Waals surface area contributed by atoms with E-state index >= 15 is 0 Å². The number of anilines is 1. The number of ether oxygens (including phenoxy) is 3. The van der Waals surface area contributed by atoms with Gasteiger partial charge in [-0.3, -0.25) is 0 Å². The molecule has 1 aromatic rings. The molecule has 0 unspecified atom stereocenters. The predicted molar refractivity (Wildman–Crippen MR) is 69.0 cm³/mol. The number of nitrogen functional groups attached to an aromatic ring is 1. The van der Waals surface area contributed by atoms with Crippen LogP contribution >= 0.6 is 11.6 Å². The monoisotopic (exact) mass is 275 g/mol. The van der Waals surface area contributed by atoms with Crippen molar-refractivity contribution in [3.05, 3.63) is 11.0 Å². The highest BCUT2D eigenvalue weighted by Crippen LogP contribution is 2.22. The molecule has 0 fully saturated rings. The molecule has 6 nitrogen and oxygen atoms in total. The van der Waals surface area contributed by atoms with Gasteiger partial charge in [-0.2, -0.15) is 4.98 Å². The SMILES string of the molecule is COCCCOCCOc1nc(Cl)nc(C)c1N. The smallest absolute Gasteiger partial charge is 0.241 e. The molecule has 1 rings (SSSR count). The van der Waals surface area contributed by atoms with Crippen LogP contribution < -0.4 is 10.5 Å². The lowest BCUT2D eigenvalue weighted by atomic mass is 10.4. The van der Waals surface area contributed by atoms with E-state index in [2.05, 4.69) is 9.97 Å². The number of aryl methyl sites for hydroxylation is 1. The molecule has 7 heteroatoms. The molecule has 0 saturated carbocycles. The van der Waals surface area contributed by atoms with Gasteiger partial charge in [0.1, 0.15) is 12.3 Å². The fraction of sp³-hybridized carbons (Fsp3) is 0.636. The van der Waals surface area contributed by atoms with Crippen LogP contribution in [0.25, 0.3) is 0 Å². The van der Waals surface area contributed by atoms with Crippen LogP contribution in [-0.2, 0) is 9.47 Å². The van der Waals surface area contributed by atoms with Crippen molar-refractivity contribution in [2.45, 2.75) is 13.3 Å². The molecular formula is C11H18ClN3O3. The fourth-order valence-corrected chi connectivity index (χ4v) is 1.44. The van der Waals surface area contributed by atoms with Crippen molar-refractivity contribution in [1.82, 2.24) is 9.97 Å². The first-order chi connectivity index (χ1) is 8.65. The van der Waals surface area contributed by atoms with E-state index in [9.17, 15) is 0 Å². The van der Waals surface area contributed by atoms with E-state index in [1.807, 2.05) is 0 Å². The number of rotatable bonds is 8. The Morgan fingerprint density at radius 3 is 2.67 bits per heavy atom. The number of hydrogen-bond donors (Lipinski definition) is 1. The van der Waals surface area contributed by atoms with E-state index in [0.29, 0.717) is 43.7 Å². The van der Waals surface area contributed by atoms with Crippen LogP contribution in [0.3, 0.4) is 0 Å². The lowest BCUT2D eigenvalue weighted by Gasteiger charge is -2.09. The Morgan fingerprint density at radius 1 is 1.17 bits per heavy atom. The lowest BCUT2D eigenvalue weighted by molar-refractivity contribution is 0.0797. The van der Waals surface area contributed by atoms with E-state index in [4.69, 9.17) is 31.5 Å². The molecule has 0 aliphatic carbocycles. The summed E-state index contributed by atoms with van der Waals surface area (Å²) in [5.41, 5.74) is 6.77. The summed E-state index contributed by atoms with van der Waals surface area (Å²) in [6.45, 7) is 3.90. The predicted octanol–water partition coefficient (Wildman–Crippen LogP) is 1.45. The fourth-order valence-electron chi connectivity index (χ4n) is 1.24. The first kappa shape index (κ1) is 14.9. The summed E-state index contributed by atoms with van der Waals surface area (Å²) >= 11 is 5.72. The van der Waals surface area contributed by atoms with Crippen LogP contribution in [0.4, 0.5) is 5.69 Å². The summed E-state index contributed by atoms with van der Waals surface area (Å²) in [6, 6.07) is 0. The highest BCUT2D eigenvalue weighted by molar-refractivity contribution is 6.28. The van der Waals surface area contributed by atoms with Gasteiger partial charge in [0, 0.05) is 20.3 Å². The van der Waals surface area contributed by atoms with E-state index < -0.39 is 0 Å². The average molecular weight is 276 g/mol. The van der Waals surface area contributed by atoms with Crippen LogP contribution in [0, 0.1) is 6.92 Å². The van der Waals surface area contributed by atoms with Gasteiger partial charge >= 0.3 is 0 Å². The normalized spacial score (nSPS) is 10.6. The van der Waals surface area contributed by atoms with E-state index in [0.717, 1.165) is 6.42 Å². The zero-order chi connectivity index (χ0) is 13.4. The zero-order valence-corrected chi connectivity index (χ0v) is 11.4. The van der Waals surface area contributed by atoms with Gasteiger partial charge in [0.2, 0.25) is 11.2 Å². The minimum Gasteiger partial charge on any atom is -0.474 e. The molecule has 0 atom stereocenters. The van der Waals surface area contributed by atoms with Gasteiger partial charge in [-0.15, -0.1) is 0 Å². The number of aromatic nitrogens is 2. The van der Waals surface area contributed by atoms with Gasteiger partial charge in [0.25, 0.3) is 0 Å². The summed E-state index contributed by atoms with van der Waals surface area (Å²) in [6.07, 6.45) is 0.858. The van der Waals surface area contributed by atoms with Crippen LogP contribution in [0.2, 0.25) is 5.28 Å². The van der Waals surface area contributed by atoms with E-state index in [1.54, 1.807) is 14.0 Å². The molecule has 18 heavy (non-hydrogen) atoms. The maximum absolute atomic E-state index is 5.77. The second kappa shape index (κ2) is 8.07. The van der Waals surface area contributed by atoms with Crippen molar-refractivity contribution in [3.63, 3.8) is 0 Å². The van der Waals surface area contributed by atoms with Gasteiger partial charge in [-0.25, -0.2) is 4.98 Å². The van der Waals surface area contributed by atoms with Crippen LogP contribution in [0.5, 0.6) is 5.88 Å². The summed E-state index contributed by atoms with van der Waals surface area (Å²) in [5.74, 6) is 0.299. The Morgan fingerprint density at radius 2 is 1.94 bits per heavy atom. The summed E-state index contributed by atoms with van der Waals surface area (Å²) in [4.78, 5) is 7.83. The third-order valence-corrected chi connectivity index (χ3v) is 2.35. The second-order valence-electron chi connectivity index (χ2n) is 3.60. The number of nitrogens with two attached hydrogens (primary N) is 1. The minimum atomic E-state index is 0.123. The Labute approximate surface area is 111 Å². The summed E-state index contributed by atoms with van der Waals surface area (Å²) in [7, 11) is 1.66. The summed E-state index contributed by atoms with van der Waals surface area (Å²) < 4.78 is 15.6. The molecule has 0 aromatic carbocycles. The quantitative estimate of drug-likeness (QED) is 0.571. The Hall–Kier alpha value is -1.11. The largest absolute Gasteiger partial charge is 0.474 e. The third-order valence-electron chi connectivity index (χ3n) is 2.18. The molecule has 0 amide bonds. The lowest BCUT2D eigenvalue weighted by Crippen LogP contribution is -2.11. The van der Waals surface area contributed by atoms with Crippen molar-refractivity contribution in [3.8, 4) is 5.88 Å². The second-order valence-corrected chi connectivity index (χ2v) is 3.94. The molecule has 0 saturated heterocycles. The maximum Gasteiger partial charge on any atom is 0.241 e. The number of hydrogen-bond acceptors (Lipinski definition) is 6. The van der Waals surface area contributed by atoms with Crippen LogP contribution in [0.15, 0.2) is 0 Å². The van der Waals surface area contributed by atoms with Crippen LogP contribution in [-0.4, -0.2) is 43.5 Å². The molecule has 0 aliphatic rings. The molecular weight excluding hydrogens is 258 g/mol. The molecule has 1 aromatic heterocycles. The Balaban J connectivity index is 2.27. The van der Waals surface area contributed by atoms with Crippen LogP contribution in [0.1, 0.15) is 12.1 Å². The highest BCUT2D eigenvalue weighted by atomic mass is 35.5. The molecule has 2 N–H and O–H groups in total. The van der Waals surface area contributed by atoms with E-state index in [-0.39, 0.29) is 5.28 Å². The molecule has 0 radical (unpaired) electrons. The average Bonchev–Trinajstić information content (AvgIpc) is 2.33. The minimum absolute atomic E-state index is 0.123. The number of halogens is 1. The van der Waals surface area contributed by atoms with Crippen molar-refractivity contribution >= 4 is 17.3 Å². The number of methoxy groups -OCH3 is 1. The van der Waals surface area contributed by atoms with Crippen molar-refractivity contribution in [1.29, 1.82) is 0 Å². The zero-order valence-electron chi connectivity index (χ0n) is 10.6. The molecule has 0 bridgehead atoms. The van der Waals surface area contributed by atoms with Crippen molar-refractivity contribution in [2.24, 2.45) is 0 Å². The van der Waals surface area contributed by atoms with Crippen molar-refractivity contribution in [2.75, 3.05) is 39.3 Å². The first-order valence-corrected chi connectivity index (χ1v) is 6.02. The third kappa shape index (κ3) is 5.03. The Kier molecular flexibility index (Phi) is 6.70. The maximum atomic E-state index is 5.77. The van der Waals surface area contributed by atoms with E-state index in [1.165, 1.54) is 0 Å². The van der Waals surface area contributed by atoms with Gasteiger partial charge in [-0.05, 0) is 24.9 Å². The molecule has 1 heterocycles. The molecule has 0 spiro atoms. The first-order valence-electron chi connectivity index (χ1n) is 5.64. The van der Waals surface area contributed by atoms with Gasteiger partial charge in [-0.1, -0.05) is 0 Å². The topological polar surface area (TPSA) is 79.5 Å². The highest BCUT2D eigenvalue weighted by Gasteiger charge is 2.08. The summed E-state index contributed by atoms with van der Waals surface area (Å²) in [5, 5.41) is 0.123. The number of nitrogens with zero attached hydrogens (tertiary/aromatic N) is 2. The molecule has 0 aliphatic heterocycles. The van der Waals surface area contributed by atoms with Gasteiger partial charge < -0.3 is 19.9 Å². The standard InChI is InChI=1S/C11H18ClN3O3/c1-8-9(13)10(15-11(12)14-8)18-7-6-17-5-3-4-16-2/h3-7,13H2,1-2H3. The molecule has 102 valence electrons.